The highest BCUT2D eigenvalue weighted by Crippen LogP contribution is 2.39. The first kappa shape index (κ1) is 14.8. The second-order valence-corrected chi connectivity index (χ2v) is 6.57. The molecule has 0 aromatic carbocycles. The summed E-state index contributed by atoms with van der Waals surface area (Å²) in [5, 5.41) is 9.22. The zero-order valence-corrected chi connectivity index (χ0v) is 12.7. The fourth-order valence-electron chi connectivity index (χ4n) is 2.83. The Morgan fingerprint density at radius 1 is 1.30 bits per heavy atom. The molecular formula is C14H24N4O2. The number of H-pyrrole nitrogens is 1. The monoisotopic (exact) mass is 280 g/mol. The van der Waals surface area contributed by atoms with Crippen LogP contribution in [0.4, 0.5) is 5.95 Å². The molecule has 20 heavy (non-hydrogen) atoms. The predicted octanol–water partition coefficient (Wildman–Crippen LogP) is 2.60. The summed E-state index contributed by atoms with van der Waals surface area (Å²) in [4.78, 5) is 16.2. The molecule has 0 radical (unpaired) electrons. The van der Waals surface area contributed by atoms with Crippen LogP contribution in [0.5, 0.6) is 6.01 Å². The van der Waals surface area contributed by atoms with Crippen LogP contribution in [0.3, 0.4) is 0 Å². The van der Waals surface area contributed by atoms with Crippen LogP contribution in [0, 0.1) is 17.3 Å². The number of aromatic amines is 1. The molecule has 0 aliphatic heterocycles. The molecule has 2 N–H and O–H groups in total. The van der Waals surface area contributed by atoms with Gasteiger partial charge in [-0.3, -0.25) is 10.1 Å². The van der Waals surface area contributed by atoms with Gasteiger partial charge in [0.1, 0.15) is 0 Å². The molecule has 0 spiro atoms. The number of nitrogens with zero attached hydrogens (tertiary/aromatic N) is 2. The topological polar surface area (TPSA) is 79.9 Å². The molecule has 112 valence electrons. The lowest BCUT2D eigenvalue weighted by Gasteiger charge is -2.36. The average Bonchev–Trinajstić information content (AvgIpc) is 2.85. The number of aromatic nitrogens is 3. The van der Waals surface area contributed by atoms with Crippen molar-refractivity contribution in [1.82, 2.24) is 15.2 Å². The van der Waals surface area contributed by atoms with E-state index in [1.807, 2.05) is 0 Å². The van der Waals surface area contributed by atoms with Crippen molar-refractivity contribution in [3.63, 3.8) is 0 Å². The minimum absolute atomic E-state index is 0.0242. The lowest BCUT2D eigenvalue weighted by atomic mass is 9.70. The van der Waals surface area contributed by atoms with E-state index in [2.05, 4.69) is 41.3 Å². The number of nitrogens with one attached hydrogen (secondary N) is 2. The number of anilines is 1. The lowest BCUT2D eigenvalue weighted by molar-refractivity contribution is -0.121. The summed E-state index contributed by atoms with van der Waals surface area (Å²) < 4.78 is 4.87. The Labute approximate surface area is 119 Å². The largest absolute Gasteiger partial charge is 0.466 e. The molecule has 0 bridgehead atoms. The van der Waals surface area contributed by atoms with Crippen LogP contribution in [0.1, 0.15) is 46.5 Å². The zero-order chi connectivity index (χ0) is 14.8. The van der Waals surface area contributed by atoms with Crippen LogP contribution >= 0.6 is 0 Å². The Hall–Kier alpha value is -1.59. The van der Waals surface area contributed by atoms with Crippen molar-refractivity contribution in [2.75, 3.05) is 12.4 Å². The highest BCUT2D eigenvalue weighted by molar-refractivity contribution is 5.90. The summed E-state index contributed by atoms with van der Waals surface area (Å²) in [5.41, 5.74) is 0.333. The fraction of sp³-hybridized carbons (Fsp3) is 0.786. The van der Waals surface area contributed by atoms with Crippen molar-refractivity contribution < 1.29 is 9.53 Å². The number of carbonyl (C=O) groups excluding carboxylic acids is 1. The maximum Gasteiger partial charge on any atom is 0.336 e. The zero-order valence-electron chi connectivity index (χ0n) is 12.7. The maximum absolute atomic E-state index is 12.2. The molecule has 1 saturated carbocycles. The van der Waals surface area contributed by atoms with Crippen LogP contribution in [0.15, 0.2) is 0 Å². The molecule has 1 heterocycles. The van der Waals surface area contributed by atoms with E-state index in [4.69, 9.17) is 4.74 Å². The van der Waals surface area contributed by atoms with E-state index in [0.717, 1.165) is 25.7 Å². The molecule has 1 amide bonds. The Morgan fingerprint density at radius 3 is 2.45 bits per heavy atom. The summed E-state index contributed by atoms with van der Waals surface area (Å²) >= 11 is 0. The summed E-state index contributed by atoms with van der Waals surface area (Å²) in [6, 6.07) is 0.233. The van der Waals surface area contributed by atoms with Crippen molar-refractivity contribution in [1.29, 1.82) is 0 Å². The number of hydrogen-bond acceptors (Lipinski definition) is 4. The molecular weight excluding hydrogens is 256 g/mol. The molecule has 1 aliphatic rings. The van der Waals surface area contributed by atoms with Crippen LogP contribution in [-0.2, 0) is 4.79 Å². The highest BCUT2D eigenvalue weighted by atomic mass is 16.5. The molecule has 6 heteroatoms. The third kappa shape index (κ3) is 3.49. The number of ether oxygens (including phenoxy) is 1. The van der Waals surface area contributed by atoms with E-state index in [9.17, 15) is 4.79 Å². The van der Waals surface area contributed by atoms with E-state index in [-0.39, 0.29) is 17.8 Å². The SMILES string of the molecule is COc1n[nH]c(NC(=O)C2CCC(C(C)(C)C)CC2)n1. The molecule has 1 aromatic rings. The van der Waals surface area contributed by atoms with Gasteiger partial charge in [-0.1, -0.05) is 20.8 Å². The van der Waals surface area contributed by atoms with E-state index in [1.165, 1.54) is 7.11 Å². The van der Waals surface area contributed by atoms with Gasteiger partial charge in [0, 0.05) is 5.92 Å². The van der Waals surface area contributed by atoms with Crippen molar-refractivity contribution in [3.8, 4) is 6.01 Å². The quantitative estimate of drug-likeness (QED) is 0.892. The first-order valence-corrected chi connectivity index (χ1v) is 7.17. The van der Waals surface area contributed by atoms with E-state index < -0.39 is 0 Å². The van der Waals surface area contributed by atoms with Gasteiger partial charge in [0.15, 0.2) is 0 Å². The van der Waals surface area contributed by atoms with Gasteiger partial charge in [-0.25, -0.2) is 5.10 Å². The normalized spacial score (nSPS) is 23.4. The van der Waals surface area contributed by atoms with Gasteiger partial charge in [-0.2, -0.15) is 4.98 Å². The third-order valence-corrected chi connectivity index (χ3v) is 4.21. The molecule has 6 nitrogen and oxygen atoms in total. The highest BCUT2D eigenvalue weighted by Gasteiger charge is 2.32. The van der Waals surface area contributed by atoms with Gasteiger partial charge in [0.05, 0.1) is 7.11 Å². The first-order valence-electron chi connectivity index (χ1n) is 7.17. The van der Waals surface area contributed by atoms with Crippen LogP contribution < -0.4 is 10.1 Å². The van der Waals surface area contributed by atoms with E-state index in [0.29, 0.717) is 17.3 Å². The van der Waals surface area contributed by atoms with Crippen LogP contribution in [-0.4, -0.2) is 28.2 Å². The second-order valence-electron chi connectivity index (χ2n) is 6.57. The fourth-order valence-corrected chi connectivity index (χ4v) is 2.83. The van der Waals surface area contributed by atoms with Crippen molar-refractivity contribution in [2.45, 2.75) is 46.5 Å². The van der Waals surface area contributed by atoms with Gasteiger partial charge in [-0.05, 0) is 37.0 Å². The van der Waals surface area contributed by atoms with Crippen molar-refractivity contribution >= 4 is 11.9 Å². The van der Waals surface area contributed by atoms with Crippen LogP contribution in [0.2, 0.25) is 0 Å². The van der Waals surface area contributed by atoms with Gasteiger partial charge in [-0.15, -0.1) is 5.10 Å². The summed E-state index contributed by atoms with van der Waals surface area (Å²) in [6.07, 6.45) is 4.11. The number of carbonyl (C=O) groups is 1. The summed E-state index contributed by atoms with van der Waals surface area (Å²) in [5.74, 6) is 1.16. The van der Waals surface area contributed by atoms with E-state index in [1.54, 1.807) is 0 Å². The standard InChI is InChI=1S/C14H24N4O2/c1-14(2,3)10-7-5-9(6-8-10)11(19)15-12-16-13(20-4)18-17-12/h9-10H,5-8H2,1-4H3,(H2,15,16,17,18,19). The number of amides is 1. The molecule has 1 aromatic heterocycles. The van der Waals surface area contributed by atoms with E-state index >= 15 is 0 Å². The van der Waals surface area contributed by atoms with Gasteiger partial charge >= 0.3 is 6.01 Å². The average molecular weight is 280 g/mol. The number of rotatable bonds is 3. The molecule has 0 atom stereocenters. The Balaban J connectivity index is 1.86. The minimum atomic E-state index is 0.0242. The van der Waals surface area contributed by atoms with Crippen LogP contribution in [0.25, 0.3) is 0 Å². The first-order chi connectivity index (χ1) is 9.40. The Bertz CT molecular complexity index is 456. The summed E-state index contributed by atoms with van der Waals surface area (Å²) in [7, 11) is 1.49. The Kier molecular flexibility index (Phi) is 4.30. The van der Waals surface area contributed by atoms with Gasteiger partial charge in [0.2, 0.25) is 11.9 Å². The molecule has 0 saturated heterocycles. The maximum atomic E-state index is 12.2. The minimum Gasteiger partial charge on any atom is -0.466 e. The molecule has 0 unspecified atom stereocenters. The van der Waals surface area contributed by atoms with Crippen molar-refractivity contribution in [2.24, 2.45) is 17.3 Å². The van der Waals surface area contributed by atoms with Crippen molar-refractivity contribution in [3.05, 3.63) is 0 Å². The second kappa shape index (κ2) is 5.81. The van der Waals surface area contributed by atoms with Gasteiger partial charge in [0.25, 0.3) is 0 Å². The summed E-state index contributed by atoms with van der Waals surface area (Å²) in [6.45, 7) is 6.83. The smallest absolute Gasteiger partial charge is 0.336 e. The molecule has 1 fully saturated rings. The third-order valence-electron chi connectivity index (χ3n) is 4.21. The number of methoxy groups -OCH3 is 1. The lowest BCUT2D eigenvalue weighted by Crippen LogP contribution is -2.31. The number of hydrogen-bond donors (Lipinski definition) is 2. The van der Waals surface area contributed by atoms with Gasteiger partial charge < -0.3 is 4.74 Å². The molecule has 1 aliphatic carbocycles. The predicted molar refractivity (Wildman–Crippen MR) is 76.5 cm³/mol. The Morgan fingerprint density at radius 2 is 1.95 bits per heavy atom. The molecule has 2 rings (SSSR count).